The molecule has 0 aromatic heterocycles. The van der Waals surface area contributed by atoms with Crippen LogP contribution in [0.15, 0.2) is 146 Å². The summed E-state index contributed by atoms with van der Waals surface area (Å²) in [6.07, 6.45) is 80.2. The average molecular weight is 951 g/mol. The molecule has 69 heavy (non-hydrogen) atoms. The van der Waals surface area contributed by atoms with Crippen molar-refractivity contribution in [2.45, 2.75) is 219 Å². The maximum atomic E-state index is 12.8. The number of rotatable bonds is 47. The number of unbranched alkanes of at least 4 members (excludes halogenated alkanes) is 12. The third-order valence-electron chi connectivity index (χ3n) is 10.8. The molecular formula is C63H98O6. The standard InChI is InChI=1S/C63H98O6/c1-4-7-10-13-15-17-19-21-23-25-27-29-31-33-35-37-39-41-43-45-47-50-53-56-62(65)68-59-60(58-67-61(64)55-52-49-12-9-6-3)69-63(66)57-54-51-48-46-44-42-40-38-36-34-32-30-28-26-24-22-20-18-16-14-11-8-5-2/h7-8,10-11,15-18,21-24,27-30,33-36,39,41,45,47,60H,4-6,9,12-14,19-20,25-26,31-32,37-38,40,42-44,46,48-59H2,1-3H3/b10-7-,11-8-,17-15-,18-16-,23-21-,24-22-,29-27-,30-28-,35-33-,36-34-,41-39-,47-45-. The van der Waals surface area contributed by atoms with Crippen molar-refractivity contribution in [2.24, 2.45) is 0 Å². The van der Waals surface area contributed by atoms with Crippen LogP contribution < -0.4 is 0 Å². The van der Waals surface area contributed by atoms with Crippen LogP contribution >= 0.6 is 0 Å². The highest BCUT2D eigenvalue weighted by atomic mass is 16.6. The van der Waals surface area contributed by atoms with E-state index in [1.54, 1.807) is 0 Å². The Labute approximate surface area is 423 Å². The number of ether oxygens (including phenoxy) is 3. The summed E-state index contributed by atoms with van der Waals surface area (Å²) in [7, 11) is 0. The summed E-state index contributed by atoms with van der Waals surface area (Å²) in [5.41, 5.74) is 0. The van der Waals surface area contributed by atoms with E-state index in [1.807, 2.05) is 0 Å². The summed E-state index contributed by atoms with van der Waals surface area (Å²) < 4.78 is 16.6. The monoisotopic (exact) mass is 951 g/mol. The Kier molecular flexibility index (Phi) is 52.1. The normalized spacial score (nSPS) is 13.3. The second kappa shape index (κ2) is 55.9. The molecule has 0 aliphatic rings. The van der Waals surface area contributed by atoms with Crippen LogP contribution in [-0.2, 0) is 28.6 Å². The van der Waals surface area contributed by atoms with Crippen molar-refractivity contribution in [3.63, 3.8) is 0 Å². The number of allylic oxidation sites excluding steroid dienone is 24. The summed E-state index contributed by atoms with van der Waals surface area (Å²) in [5, 5.41) is 0. The van der Waals surface area contributed by atoms with Gasteiger partial charge in [-0.2, -0.15) is 0 Å². The molecule has 1 atom stereocenters. The maximum absolute atomic E-state index is 12.8. The first-order valence-corrected chi connectivity index (χ1v) is 27.3. The second-order valence-electron chi connectivity index (χ2n) is 17.4. The Bertz CT molecular complexity index is 1560. The van der Waals surface area contributed by atoms with E-state index in [0.717, 1.165) is 148 Å². The van der Waals surface area contributed by atoms with Gasteiger partial charge in [-0.25, -0.2) is 0 Å². The first-order chi connectivity index (χ1) is 34.0. The highest BCUT2D eigenvalue weighted by molar-refractivity contribution is 5.71. The third kappa shape index (κ3) is 54.1. The lowest BCUT2D eigenvalue weighted by molar-refractivity contribution is -0.167. The Morgan fingerprint density at radius 2 is 0.580 bits per heavy atom. The number of carbonyl (C=O) groups is 3. The molecule has 0 N–H and O–H groups in total. The SMILES string of the molecule is CC/C=C\C/C=C\C/C=C\C/C=C\C/C=C\C/C=C\C/C=C\CCCC(=O)OCC(COC(=O)CCCCCCC)OC(=O)CCCCCCCCC/C=C\C/C=C\C/C=C\C/C=C\C/C=C\CC. The van der Waals surface area contributed by atoms with Crippen molar-refractivity contribution < 1.29 is 28.6 Å². The average Bonchev–Trinajstić information content (AvgIpc) is 3.35. The molecule has 1 unspecified atom stereocenters. The summed E-state index contributed by atoms with van der Waals surface area (Å²) in [6.45, 7) is 6.24. The molecule has 0 saturated heterocycles. The predicted octanol–water partition coefficient (Wildman–Crippen LogP) is 18.4. The molecule has 0 radical (unpaired) electrons. The Hall–Kier alpha value is -4.71. The van der Waals surface area contributed by atoms with Gasteiger partial charge in [0.25, 0.3) is 0 Å². The molecule has 0 amide bonds. The van der Waals surface area contributed by atoms with Crippen LogP contribution in [0, 0.1) is 0 Å². The van der Waals surface area contributed by atoms with E-state index in [1.165, 1.54) is 19.3 Å². The van der Waals surface area contributed by atoms with E-state index in [4.69, 9.17) is 14.2 Å². The Morgan fingerprint density at radius 3 is 0.942 bits per heavy atom. The number of esters is 3. The number of hydrogen-bond acceptors (Lipinski definition) is 6. The van der Waals surface area contributed by atoms with Gasteiger partial charge in [-0.05, 0) is 116 Å². The fraction of sp³-hybridized carbons (Fsp3) is 0.571. The quantitative estimate of drug-likeness (QED) is 0.0262. The third-order valence-corrected chi connectivity index (χ3v) is 10.8. The van der Waals surface area contributed by atoms with Gasteiger partial charge in [0, 0.05) is 19.3 Å². The molecule has 0 heterocycles. The first-order valence-electron chi connectivity index (χ1n) is 27.3. The van der Waals surface area contributed by atoms with Crippen molar-refractivity contribution in [3.05, 3.63) is 146 Å². The van der Waals surface area contributed by atoms with Crippen molar-refractivity contribution in [1.29, 1.82) is 0 Å². The molecule has 0 spiro atoms. The predicted molar refractivity (Wildman–Crippen MR) is 297 cm³/mol. The molecule has 6 nitrogen and oxygen atoms in total. The van der Waals surface area contributed by atoms with Gasteiger partial charge in [0.1, 0.15) is 13.2 Å². The molecule has 6 heteroatoms. The zero-order valence-corrected chi connectivity index (χ0v) is 44.0. The Morgan fingerprint density at radius 1 is 0.304 bits per heavy atom. The molecule has 0 aliphatic carbocycles. The first kappa shape index (κ1) is 64.3. The summed E-state index contributed by atoms with van der Waals surface area (Å²) in [5.74, 6) is -1.00. The van der Waals surface area contributed by atoms with E-state index in [0.29, 0.717) is 19.3 Å². The van der Waals surface area contributed by atoms with Crippen LogP contribution in [0.5, 0.6) is 0 Å². The summed E-state index contributed by atoms with van der Waals surface area (Å²) in [6, 6.07) is 0. The molecule has 0 aromatic rings. The van der Waals surface area contributed by atoms with E-state index >= 15 is 0 Å². The summed E-state index contributed by atoms with van der Waals surface area (Å²) >= 11 is 0. The van der Waals surface area contributed by atoms with Gasteiger partial charge in [-0.15, -0.1) is 0 Å². The van der Waals surface area contributed by atoms with Crippen molar-refractivity contribution >= 4 is 17.9 Å². The van der Waals surface area contributed by atoms with Crippen molar-refractivity contribution in [1.82, 2.24) is 0 Å². The minimum Gasteiger partial charge on any atom is -0.462 e. The van der Waals surface area contributed by atoms with E-state index < -0.39 is 6.10 Å². The van der Waals surface area contributed by atoms with Crippen LogP contribution in [0.1, 0.15) is 213 Å². The van der Waals surface area contributed by atoms with Gasteiger partial charge >= 0.3 is 17.9 Å². The molecule has 0 fully saturated rings. The van der Waals surface area contributed by atoms with Gasteiger partial charge in [-0.3, -0.25) is 14.4 Å². The molecule has 0 rings (SSSR count). The highest BCUT2D eigenvalue weighted by Gasteiger charge is 2.19. The minimum absolute atomic E-state index is 0.107. The van der Waals surface area contributed by atoms with Gasteiger partial charge in [0.05, 0.1) is 0 Å². The van der Waals surface area contributed by atoms with E-state index in [2.05, 4.69) is 167 Å². The largest absolute Gasteiger partial charge is 0.462 e. The number of carbonyl (C=O) groups excluding carboxylic acids is 3. The fourth-order valence-electron chi connectivity index (χ4n) is 6.81. The van der Waals surface area contributed by atoms with Crippen molar-refractivity contribution in [3.8, 4) is 0 Å². The molecule has 0 saturated carbocycles. The van der Waals surface area contributed by atoms with Crippen molar-refractivity contribution in [2.75, 3.05) is 13.2 Å². The minimum atomic E-state index is -0.810. The molecule has 0 bridgehead atoms. The summed E-state index contributed by atoms with van der Waals surface area (Å²) in [4.78, 5) is 37.7. The van der Waals surface area contributed by atoms with E-state index in [9.17, 15) is 14.4 Å². The van der Waals surface area contributed by atoms with Crippen LogP contribution in [0.25, 0.3) is 0 Å². The Balaban J connectivity index is 4.30. The second-order valence-corrected chi connectivity index (χ2v) is 17.4. The van der Waals surface area contributed by atoms with E-state index in [-0.39, 0.29) is 37.5 Å². The topological polar surface area (TPSA) is 78.9 Å². The zero-order valence-electron chi connectivity index (χ0n) is 44.0. The van der Waals surface area contributed by atoms with Gasteiger partial charge in [0.2, 0.25) is 0 Å². The maximum Gasteiger partial charge on any atom is 0.306 e. The van der Waals surface area contributed by atoms with Gasteiger partial charge < -0.3 is 14.2 Å². The molecule has 386 valence electrons. The lowest BCUT2D eigenvalue weighted by atomic mass is 10.1. The number of hydrogen-bond donors (Lipinski definition) is 0. The van der Waals surface area contributed by atoms with Crippen LogP contribution in [0.4, 0.5) is 0 Å². The molecule has 0 aliphatic heterocycles. The van der Waals surface area contributed by atoms with Crippen LogP contribution in [0.2, 0.25) is 0 Å². The zero-order chi connectivity index (χ0) is 50.0. The fourth-order valence-corrected chi connectivity index (χ4v) is 6.81. The van der Waals surface area contributed by atoms with Crippen LogP contribution in [-0.4, -0.2) is 37.2 Å². The lowest BCUT2D eigenvalue weighted by Crippen LogP contribution is -2.30. The smallest absolute Gasteiger partial charge is 0.306 e. The molecular weight excluding hydrogens is 853 g/mol. The molecule has 0 aromatic carbocycles. The van der Waals surface area contributed by atoms with Gasteiger partial charge in [0.15, 0.2) is 6.10 Å². The highest BCUT2D eigenvalue weighted by Crippen LogP contribution is 2.13. The van der Waals surface area contributed by atoms with Crippen LogP contribution in [0.3, 0.4) is 0 Å². The lowest BCUT2D eigenvalue weighted by Gasteiger charge is -2.18. The van der Waals surface area contributed by atoms with Gasteiger partial charge in [-0.1, -0.05) is 224 Å².